The molecule has 0 aliphatic rings. The zero-order valence-corrected chi connectivity index (χ0v) is 12.2. The first-order chi connectivity index (χ1) is 9.01. The summed E-state index contributed by atoms with van der Waals surface area (Å²) in [7, 11) is 3.09. The first-order valence-electron chi connectivity index (χ1n) is 6.42. The van der Waals surface area contributed by atoms with E-state index >= 15 is 0 Å². The third-order valence-corrected chi connectivity index (χ3v) is 3.07. The second-order valence-electron chi connectivity index (χ2n) is 5.11. The van der Waals surface area contributed by atoms with Gasteiger partial charge in [0.1, 0.15) is 5.75 Å². The fourth-order valence-corrected chi connectivity index (χ4v) is 1.88. The molecule has 0 heterocycles. The van der Waals surface area contributed by atoms with Crippen molar-refractivity contribution in [1.29, 1.82) is 0 Å². The van der Waals surface area contributed by atoms with E-state index < -0.39 is 5.41 Å². The highest BCUT2D eigenvalue weighted by Gasteiger charge is 2.27. The summed E-state index contributed by atoms with van der Waals surface area (Å²) >= 11 is 0. The van der Waals surface area contributed by atoms with E-state index in [4.69, 9.17) is 9.47 Å². The summed E-state index contributed by atoms with van der Waals surface area (Å²) < 4.78 is 10.1. The van der Waals surface area contributed by atoms with Gasteiger partial charge in [-0.1, -0.05) is 18.2 Å². The average Bonchev–Trinajstić information content (AvgIpc) is 2.43. The highest BCUT2D eigenvalue weighted by Crippen LogP contribution is 2.18. The van der Waals surface area contributed by atoms with Crippen molar-refractivity contribution in [3.63, 3.8) is 0 Å². The molecule has 1 N–H and O–H groups in total. The molecule has 106 valence electrons. The molecule has 0 saturated heterocycles. The third-order valence-electron chi connectivity index (χ3n) is 3.07. The lowest BCUT2D eigenvalue weighted by Crippen LogP contribution is -2.37. The van der Waals surface area contributed by atoms with Crippen molar-refractivity contribution in [2.24, 2.45) is 5.41 Å². The summed E-state index contributed by atoms with van der Waals surface area (Å²) in [5.74, 6) is 0.703. The number of carbonyl (C=O) groups excluding carboxylic acids is 1. The fourth-order valence-electron chi connectivity index (χ4n) is 1.88. The molecule has 4 nitrogen and oxygen atoms in total. The highest BCUT2D eigenvalue weighted by atomic mass is 16.5. The molecule has 0 bridgehead atoms. The lowest BCUT2D eigenvalue weighted by molar-refractivity contribution is -0.150. The summed E-state index contributed by atoms with van der Waals surface area (Å²) in [6.07, 6.45) is 0.862. The molecule has 0 aromatic heterocycles. The second kappa shape index (κ2) is 7.14. The molecule has 0 aliphatic heterocycles. The van der Waals surface area contributed by atoms with E-state index in [9.17, 15) is 4.79 Å². The smallest absolute Gasteiger partial charge is 0.312 e. The number of ether oxygens (including phenoxy) is 2. The Balaban J connectivity index is 2.41. The lowest BCUT2D eigenvalue weighted by Gasteiger charge is -2.21. The molecule has 1 rings (SSSR count). The van der Waals surface area contributed by atoms with Gasteiger partial charge < -0.3 is 14.8 Å². The van der Waals surface area contributed by atoms with Crippen LogP contribution < -0.4 is 10.1 Å². The summed E-state index contributed by atoms with van der Waals surface area (Å²) in [5.41, 5.74) is 0.656. The van der Waals surface area contributed by atoms with Gasteiger partial charge in [0, 0.05) is 6.54 Å². The van der Waals surface area contributed by atoms with Gasteiger partial charge in [-0.2, -0.15) is 0 Å². The van der Waals surface area contributed by atoms with E-state index in [0.717, 1.165) is 24.3 Å². The van der Waals surface area contributed by atoms with E-state index in [2.05, 4.69) is 5.32 Å². The first kappa shape index (κ1) is 15.5. The molecule has 0 spiro atoms. The first-order valence-corrected chi connectivity index (χ1v) is 6.42. The lowest BCUT2D eigenvalue weighted by atomic mass is 9.94. The molecule has 0 radical (unpaired) electrons. The number of benzene rings is 1. The molecule has 1 aromatic rings. The maximum atomic E-state index is 11.5. The van der Waals surface area contributed by atoms with Crippen LogP contribution in [0.5, 0.6) is 5.75 Å². The molecule has 4 heteroatoms. The number of hydrogen-bond acceptors (Lipinski definition) is 4. The second-order valence-corrected chi connectivity index (χ2v) is 5.11. The van der Waals surface area contributed by atoms with E-state index in [-0.39, 0.29) is 5.97 Å². The van der Waals surface area contributed by atoms with Crippen LogP contribution in [0, 0.1) is 5.41 Å². The molecule has 0 atom stereocenters. The van der Waals surface area contributed by atoms with Crippen LogP contribution >= 0.6 is 0 Å². The van der Waals surface area contributed by atoms with Gasteiger partial charge in [0.2, 0.25) is 0 Å². The average molecular weight is 265 g/mol. The van der Waals surface area contributed by atoms with Crippen molar-refractivity contribution in [1.82, 2.24) is 5.32 Å². The number of hydrogen-bond donors (Lipinski definition) is 1. The molecule has 0 aliphatic carbocycles. The number of para-hydroxylation sites is 1. The monoisotopic (exact) mass is 265 g/mol. The topological polar surface area (TPSA) is 47.6 Å². The molecule has 0 amide bonds. The van der Waals surface area contributed by atoms with Gasteiger partial charge in [-0.25, -0.2) is 0 Å². The Morgan fingerprint density at radius 3 is 2.58 bits per heavy atom. The number of carbonyl (C=O) groups is 1. The van der Waals surface area contributed by atoms with Crippen LogP contribution in [-0.2, 0) is 16.0 Å². The van der Waals surface area contributed by atoms with Gasteiger partial charge in [0.05, 0.1) is 19.6 Å². The van der Waals surface area contributed by atoms with E-state index in [0.29, 0.717) is 6.54 Å². The molecular weight excluding hydrogens is 242 g/mol. The minimum atomic E-state index is -0.504. The Hall–Kier alpha value is -1.55. The number of nitrogens with one attached hydrogen (secondary N) is 1. The van der Waals surface area contributed by atoms with Crippen molar-refractivity contribution in [3.8, 4) is 5.75 Å². The van der Waals surface area contributed by atoms with Crippen LogP contribution in [0.4, 0.5) is 0 Å². The van der Waals surface area contributed by atoms with Gasteiger partial charge in [0.15, 0.2) is 0 Å². The number of esters is 1. The van der Waals surface area contributed by atoms with Crippen LogP contribution in [-0.4, -0.2) is 33.3 Å². The highest BCUT2D eigenvalue weighted by molar-refractivity contribution is 5.76. The van der Waals surface area contributed by atoms with Crippen molar-refractivity contribution < 1.29 is 14.3 Å². The summed E-state index contributed by atoms with van der Waals surface area (Å²) in [6, 6.07) is 7.95. The standard InChI is InChI=1S/C15H23NO3/c1-15(2,14(17)19-4)11-16-10-9-12-7-5-6-8-13(12)18-3/h5-8,16H,9-11H2,1-4H3. The molecule has 0 unspecified atom stereocenters. The normalized spacial score (nSPS) is 11.2. The number of rotatable bonds is 7. The molecular formula is C15H23NO3. The van der Waals surface area contributed by atoms with Gasteiger partial charge in [-0.3, -0.25) is 4.79 Å². The van der Waals surface area contributed by atoms with Crippen molar-refractivity contribution in [2.45, 2.75) is 20.3 Å². The minimum absolute atomic E-state index is 0.197. The zero-order valence-electron chi connectivity index (χ0n) is 12.2. The Labute approximate surface area is 115 Å². The van der Waals surface area contributed by atoms with Gasteiger partial charge >= 0.3 is 5.97 Å². The largest absolute Gasteiger partial charge is 0.496 e. The van der Waals surface area contributed by atoms with Crippen LogP contribution in [0.1, 0.15) is 19.4 Å². The number of methoxy groups -OCH3 is 2. The Morgan fingerprint density at radius 1 is 1.26 bits per heavy atom. The van der Waals surface area contributed by atoms with Crippen LogP contribution in [0.15, 0.2) is 24.3 Å². The van der Waals surface area contributed by atoms with Crippen molar-refractivity contribution in [3.05, 3.63) is 29.8 Å². The van der Waals surface area contributed by atoms with E-state index in [1.165, 1.54) is 7.11 Å². The van der Waals surface area contributed by atoms with Crippen LogP contribution in [0.3, 0.4) is 0 Å². The zero-order chi connectivity index (χ0) is 14.3. The summed E-state index contributed by atoms with van der Waals surface area (Å²) in [6.45, 7) is 5.12. The Bertz CT molecular complexity index is 416. The Kier molecular flexibility index (Phi) is 5.83. The third kappa shape index (κ3) is 4.56. The maximum Gasteiger partial charge on any atom is 0.312 e. The Morgan fingerprint density at radius 2 is 1.95 bits per heavy atom. The van der Waals surface area contributed by atoms with Gasteiger partial charge in [-0.05, 0) is 38.4 Å². The molecule has 1 aromatic carbocycles. The predicted octanol–water partition coefficient (Wildman–Crippen LogP) is 2.03. The van der Waals surface area contributed by atoms with E-state index in [1.54, 1.807) is 7.11 Å². The molecule has 0 saturated carbocycles. The predicted molar refractivity (Wildman–Crippen MR) is 75.4 cm³/mol. The van der Waals surface area contributed by atoms with Gasteiger partial charge in [-0.15, -0.1) is 0 Å². The molecule has 19 heavy (non-hydrogen) atoms. The van der Waals surface area contributed by atoms with Gasteiger partial charge in [0.25, 0.3) is 0 Å². The summed E-state index contributed by atoms with van der Waals surface area (Å²) in [4.78, 5) is 11.5. The van der Waals surface area contributed by atoms with Crippen LogP contribution in [0.2, 0.25) is 0 Å². The van der Waals surface area contributed by atoms with Crippen molar-refractivity contribution >= 4 is 5.97 Å². The summed E-state index contributed by atoms with van der Waals surface area (Å²) in [5, 5.41) is 3.28. The quantitative estimate of drug-likeness (QED) is 0.605. The molecule has 0 fully saturated rings. The van der Waals surface area contributed by atoms with Crippen LogP contribution in [0.25, 0.3) is 0 Å². The fraction of sp³-hybridized carbons (Fsp3) is 0.533. The van der Waals surface area contributed by atoms with Crippen molar-refractivity contribution in [2.75, 3.05) is 27.3 Å². The van der Waals surface area contributed by atoms with E-state index in [1.807, 2.05) is 38.1 Å². The SMILES string of the molecule is COC(=O)C(C)(C)CNCCc1ccccc1OC. The minimum Gasteiger partial charge on any atom is -0.496 e. The maximum absolute atomic E-state index is 11.5.